The number of aromatic nitrogens is 2. The minimum atomic E-state index is -0.358. The van der Waals surface area contributed by atoms with Crippen molar-refractivity contribution in [3.63, 3.8) is 0 Å². The third-order valence-electron chi connectivity index (χ3n) is 6.96. The molecule has 0 radical (unpaired) electrons. The summed E-state index contributed by atoms with van der Waals surface area (Å²) in [4.78, 5) is 34.4. The maximum absolute atomic E-state index is 13.8. The Kier molecular flexibility index (Phi) is 7.66. The van der Waals surface area contributed by atoms with Gasteiger partial charge in [0.2, 0.25) is 5.91 Å². The largest absolute Gasteiger partial charge is 0.495 e. The lowest BCUT2D eigenvalue weighted by Crippen LogP contribution is -2.41. The Balaban J connectivity index is 1.88. The first-order valence-electron chi connectivity index (χ1n) is 12.5. The lowest BCUT2D eigenvalue weighted by molar-refractivity contribution is -0.139. The van der Waals surface area contributed by atoms with Gasteiger partial charge in [-0.3, -0.25) is 14.2 Å². The highest BCUT2D eigenvalue weighted by Gasteiger charge is 2.32. The van der Waals surface area contributed by atoms with Crippen molar-refractivity contribution in [1.82, 2.24) is 14.5 Å². The molecule has 0 saturated heterocycles. The van der Waals surface area contributed by atoms with Crippen LogP contribution in [0.3, 0.4) is 0 Å². The van der Waals surface area contributed by atoms with Gasteiger partial charge in [-0.2, -0.15) is 0 Å². The predicted molar refractivity (Wildman–Crippen MR) is 136 cm³/mol. The highest BCUT2D eigenvalue weighted by atomic mass is 16.5. The van der Waals surface area contributed by atoms with Gasteiger partial charge in [-0.05, 0) is 50.5 Å². The summed E-state index contributed by atoms with van der Waals surface area (Å²) in [5, 5.41) is 0.545. The van der Waals surface area contributed by atoms with E-state index in [0.29, 0.717) is 34.7 Å². The fourth-order valence-electron chi connectivity index (χ4n) is 5.02. The van der Waals surface area contributed by atoms with Crippen molar-refractivity contribution in [2.24, 2.45) is 5.92 Å². The van der Waals surface area contributed by atoms with Crippen molar-refractivity contribution in [3.8, 4) is 11.4 Å². The first-order chi connectivity index (χ1) is 16.6. The quantitative estimate of drug-likeness (QED) is 0.434. The molecule has 1 saturated carbocycles. The lowest BCUT2D eigenvalue weighted by Gasteiger charge is -2.34. The Morgan fingerprint density at radius 3 is 2.56 bits per heavy atom. The molecule has 1 unspecified atom stereocenters. The number of carbonyl (C=O) groups excluding carboxylic acids is 1. The van der Waals surface area contributed by atoms with Gasteiger partial charge >= 0.3 is 0 Å². The zero-order valence-corrected chi connectivity index (χ0v) is 20.5. The molecule has 3 aromatic rings. The first-order valence-corrected chi connectivity index (χ1v) is 12.5. The van der Waals surface area contributed by atoms with Gasteiger partial charge in [-0.1, -0.05) is 56.9 Å². The normalized spacial score (nSPS) is 15.3. The van der Waals surface area contributed by atoms with E-state index in [-0.39, 0.29) is 23.4 Å². The molecular weight excluding hydrogens is 426 g/mol. The second-order valence-corrected chi connectivity index (χ2v) is 9.20. The maximum atomic E-state index is 13.8. The maximum Gasteiger partial charge on any atom is 0.266 e. The van der Waals surface area contributed by atoms with E-state index in [1.165, 1.54) is 6.42 Å². The molecule has 0 N–H and O–H groups in total. The Bertz CT molecular complexity index is 1200. The molecule has 1 atom stereocenters. The molecule has 1 aromatic heterocycles. The number of amides is 1. The summed E-state index contributed by atoms with van der Waals surface area (Å²) in [5.74, 6) is 1.40. The van der Waals surface area contributed by atoms with Gasteiger partial charge in [-0.15, -0.1) is 0 Å². The van der Waals surface area contributed by atoms with Crippen LogP contribution in [0.15, 0.2) is 53.3 Å². The third-order valence-corrected chi connectivity index (χ3v) is 6.96. The molecule has 1 aliphatic rings. The summed E-state index contributed by atoms with van der Waals surface area (Å²) >= 11 is 0. The van der Waals surface area contributed by atoms with E-state index in [2.05, 4.69) is 6.92 Å². The van der Waals surface area contributed by atoms with Crippen molar-refractivity contribution in [2.75, 3.05) is 13.7 Å². The van der Waals surface area contributed by atoms with Crippen molar-refractivity contribution < 1.29 is 9.53 Å². The lowest BCUT2D eigenvalue weighted by atomic mass is 9.88. The molecule has 0 bridgehead atoms. The number of nitrogens with zero attached hydrogens (tertiary/aromatic N) is 3. The van der Waals surface area contributed by atoms with Gasteiger partial charge in [0.05, 0.1) is 29.7 Å². The molecule has 0 aliphatic heterocycles. The van der Waals surface area contributed by atoms with Gasteiger partial charge in [-0.25, -0.2) is 4.98 Å². The molecular formula is C28H35N3O3. The van der Waals surface area contributed by atoms with E-state index in [1.807, 2.05) is 54.3 Å². The molecule has 6 heteroatoms. The monoisotopic (exact) mass is 461 g/mol. The van der Waals surface area contributed by atoms with Crippen LogP contribution in [0, 0.1) is 5.92 Å². The van der Waals surface area contributed by atoms with E-state index >= 15 is 0 Å². The number of methoxy groups -OCH3 is 1. The number of carbonyl (C=O) groups is 1. The molecule has 1 aliphatic carbocycles. The smallest absolute Gasteiger partial charge is 0.266 e. The predicted octanol–water partition coefficient (Wildman–Crippen LogP) is 5.66. The van der Waals surface area contributed by atoms with E-state index in [1.54, 1.807) is 17.7 Å². The van der Waals surface area contributed by atoms with Crippen LogP contribution in [0.1, 0.15) is 70.7 Å². The van der Waals surface area contributed by atoms with Gasteiger partial charge in [0.25, 0.3) is 5.56 Å². The van der Waals surface area contributed by atoms with E-state index in [4.69, 9.17) is 9.72 Å². The van der Waals surface area contributed by atoms with Crippen LogP contribution < -0.4 is 10.3 Å². The molecule has 180 valence electrons. The Hall–Kier alpha value is -3.15. The fraction of sp³-hybridized carbons (Fsp3) is 0.464. The Labute approximate surface area is 201 Å². The van der Waals surface area contributed by atoms with Crippen molar-refractivity contribution in [2.45, 2.75) is 64.8 Å². The van der Waals surface area contributed by atoms with Gasteiger partial charge < -0.3 is 9.64 Å². The minimum Gasteiger partial charge on any atom is -0.495 e. The van der Waals surface area contributed by atoms with Crippen LogP contribution in [0.25, 0.3) is 16.6 Å². The van der Waals surface area contributed by atoms with E-state index in [0.717, 1.165) is 38.5 Å². The molecule has 2 aromatic carbocycles. The molecule has 1 fully saturated rings. The number of unbranched alkanes of at least 4 members (excludes halogenated alkanes) is 1. The van der Waals surface area contributed by atoms with Crippen molar-refractivity contribution in [3.05, 3.63) is 64.7 Å². The molecule has 1 amide bonds. The first kappa shape index (κ1) is 24.0. The summed E-state index contributed by atoms with van der Waals surface area (Å²) < 4.78 is 7.24. The van der Waals surface area contributed by atoms with Crippen LogP contribution in [-0.4, -0.2) is 34.0 Å². The summed E-state index contributed by atoms with van der Waals surface area (Å²) in [6.07, 6.45) is 7.20. The Morgan fingerprint density at radius 1 is 1.12 bits per heavy atom. The molecule has 1 heterocycles. The average Bonchev–Trinajstić information content (AvgIpc) is 2.89. The molecule has 4 rings (SSSR count). The molecule has 6 nitrogen and oxygen atoms in total. The molecule has 34 heavy (non-hydrogen) atoms. The summed E-state index contributed by atoms with van der Waals surface area (Å²) in [6, 6.07) is 14.5. The van der Waals surface area contributed by atoms with Crippen LogP contribution in [0.4, 0.5) is 0 Å². The van der Waals surface area contributed by atoms with Crippen LogP contribution in [0.2, 0.25) is 0 Å². The second-order valence-electron chi connectivity index (χ2n) is 9.20. The van der Waals surface area contributed by atoms with E-state index in [9.17, 15) is 9.59 Å². The van der Waals surface area contributed by atoms with Crippen LogP contribution in [0.5, 0.6) is 5.75 Å². The van der Waals surface area contributed by atoms with Gasteiger partial charge in [0, 0.05) is 12.5 Å². The Morgan fingerprint density at radius 2 is 1.82 bits per heavy atom. The number of para-hydroxylation sites is 3. The fourth-order valence-corrected chi connectivity index (χ4v) is 5.02. The highest BCUT2D eigenvalue weighted by molar-refractivity contribution is 5.80. The number of rotatable bonds is 8. The standard InChI is InChI=1S/C28H35N3O3/c1-4-5-19-30(27(32)21-13-7-6-8-14-21)20(2)26-29-23-16-10-9-15-22(23)28(33)31(26)24-17-11-12-18-25(24)34-3/h9-12,15-18,20-21H,4-8,13-14,19H2,1-3H3. The van der Waals surface area contributed by atoms with Crippen molar-refractivity contribution >= 4 is 16.8 Å². The zero-order chi connectivity index (χ0) is 24.1. The number of benzene rings is 2. The number of hydrogen-bond acceptors (Lipinski definition) is 4. The van der Waals surface area contributed by atoms with Crippen LogP contribution >= 0.6 is 0 Å². The number of fused-ring (bicyclic) bond motifs is 1. The minimum absolute atomic E-state index is 0.0555. The average molecular weight is 462 g/mol. The summed E-state index contributed by atoms with van der Waals surface area (Å²) in [5.41, 5.74) is 1.12. The van der Waals surface area contributed by atoms with Gasteiger partial charge in [0.1, 0.15) is 11.6 Å². The third kappa shape index (κ3) is 4.72. The number of hydrogen-bond donors (Lipinski definition) is 0. The summed E-state index contributed by atoms with van der Waals surface area (Å²) in [7, 11) is 1.60. The van der Waals surface area contributed by atoms with Gasteiger partial charge in [0.15, 0.2) is 0 Å². The number of ether oxygens (including phenoxy) is 1. The van der Waals surface area contributed by atoms with Crippen LogP contribution in [-0.2, 0) is 4.79 Å². The SMILES string of the molecule is CCCCN(C(=O)C1CCCCC1)C(C)c1nc2ccccc2c(=O)n1-c1ccccc1OC. The highest BCUT2D eigenvalue weighted by Crippen LogP contribution is 2.31. The van der Waals surface area contributed by atoms with Crippen molar-refractivity contribution in [1.29, 1.82) is 0 Å². The second kappa shape index (κ2) is 10.9. The topological polar surface area (TPSA) is 64.4 Å². The molecule has 0 spiro atoms. The zero-order valence-electron chi connectivity index (χ0n) is 20.5. The van der Waals surface area contributed by atoms with E-state index < -0.39 is 0 Å². The summed E-state index contributed by atoms with van der Waals surface area (Å²) in [6.45, 7) is 4.79.